The van der Waals surface area contributed by atoms with Crippen molar-refractivity contribution in [3.63, 3.8) is 0 Å². The maximum atomic E-state index is 13.4. The van der Waals surface area contributed by atoms with Crippen LogP contribution in [0.25, 0.3) is 0 Å². The Morgan fingerprint density at radius 2 is 1.34 bits per heavy atom. The van der Waals surface area contributed by atoms with Crippen LogP contribution < -0.4 is 0 Å². The van der Waals surface area contributed by atoms with Gasteiger partial charge in [0.2, 0.25) is 0 Å². The van der Waals surface area contributed by atoms with E-state index in [9.17, 15) is 17.2 Å². The molecule has 6 nitrogen and oxygen atoms in total. The second-order valence-electron chi connectivity index (χ2n) is 10.5. The summed E-state index contributed by atoms with van der Waals surface area (Å²) in [5.41, 5.74) is 3.59. The predicted octanol–water partition coefficient (Wildman–Crippen LogP) is 6.69. The number of benzene rings is 4. The van der Waals surface area contributed by atoms with Crippen molar-refractivity contribution in [2.45, 2.75) is 24.3 Å². The molecule has 0 bridgehead atoms. The Morgan fingerprint density at radius 1 is 0.795 bits per heavy atom. The van der Waals surface area contributed by atoms with Gasteiger partial charge in [0.25, 0.3) is 10.1 Å². The van der Waals surface area contributed by atoms with E-state index >= 15 is 0 Å². The van der Waals surface area contributed by atoms with E-state index in [0.717, 1.165) is 50.3 Å². The topological polar surface area (TPSA) is 70.1 Å². The van der Waals surface area contributed by atoms with Crippen LogP contribution in [0.3, 0.4) is 0 Å². The molecule has 4 aromatic rings. The molecule has 0 aromatic heterocycles. The van der Waals surface area contributed by atoms with Gasteiger partial charge in [0.05, 0.1) is 11.5 Å². The molecule has 1 saturated heterocycles. The summed E-state index contributed by atoms with van der Waals surface area (Å²) >= 11 is 0. The lowest BCUT2D eigenvalue weighted by Gasteiger charge is -2.34. The minimum Gasteiger partial charge on any atom is -0.375 e. The van der Waals surface area contributed by atoms with E-state index in [1.54, 1.807) is 49.4 Å². The number of hydrogen-bond donors (Lipinski definition) is 1. The van der Waals surface area contributed by atoms with Crippen LogP contribution in [0.2, 0.25) is 0 Å². The Bertz CT molecular complexity index is 1530. The van der Waals surface area contributed by atoms with E-state index < -0.39 is 10.1 Å². The lowest BCUT2D eigenvalue weighted by atomic mass is 10.0. The molecule has 0 atom stereocenters. The second-order valence-corrected chi connectivity index (χ2v) is 11.9. The average molecular weight is 621 g/mol. The smallest absolute Gasteiger partial charge is 0.294 e. The van der Waals surface area contributed by atoms with Gasteiger partial charge in [-0.25, -0.2) is 8.78 Å². The average Bonchev–Trinajstić information content (AvgIpc) is 3.02. The molecule has 0 spiro atoms. The maximum absolute atomic E-state index is 13.4. The molecule has 44 heavy (non-hydrogen) atoms. The number of nitrogens with zero attached hydrogens (tertiary/aromatic N) is 2. The van der Waals surface area contributed by atoms with Crippen molar-refractivity contribution in [2.75, 3.05) is 39.3 Å². The molecule has 9 heteroatoms. The number of aryl methyl sites for hydroxylation is 1. The third-order valence-electron chi connectivity index (χ3n) is 7.33. The highest BCUT2D eigenvalue weighted by Crippen LogP contribution is 2.26. The highest BCUT2D eigenvalue weighted by molar-refractivity contribution is 7.85. The molecule has 0 aliphatic carbocycles. The molecular formula is C35H38F2N2O4S. The predicted molar refractivity (Wildman–Crippen MR) is 169 cm³/mol. The monoisotopic (exact) mass is 620 g/mol. The number of rotatable bonds is 10. The molecule has 1 N–H and O–H groups in total. The van der Waals surface area contributed by atoms with Gasteiger partial charge in [-0.1, -0.05) is 78.9 Å². The van der Waals surface area contributed by atoms with Crippen molar-refractivity contribution in [1.82, 2.24) is 9.80 Å². The molecular weight excluding hydrogens is 582 g/mol. The highest BCUT2D eigenvalue weighted by Gasteiger charge is 2.18. The van der Waals surface area contributed by atoms with Gasteiger partial charge < -0.3 is 9.64 Å². The van der Waals surface area contributed by atoms with E-state index in [-0.39, 0.29) is 22.6 Å². The normalized spacial score (nSPS) is 14.1. The van der Waals surface area contributed by atoms with Crippen molar-refractivity contribution < 1.29 is 26.5 Å². The first kappa shape index (κ1) is 33.0. The van der Waals surface area contributed by atoms with Crippen LogP contribution in [0.5, 0.6) is 0 Å². The molecule has 4 aromatic carbocycles. The molecule has 0 unspecified atom stereocenters. The summed E-state index contributed by atoms with van der Waals surface area (Å²) in [5.74, 6) is -0.570. The van der Waals surface area contributed by atoms with Crippen molar-refractivity contribution in [2.24, 2.45) is 0 Å². The molecule has 1 aliphatic rings. The summed E-state index contributed by atoms with van der Waals surface area (Å²) in [5, 5.41) is 0. The van der Waals surface area contributed by atoms with Gasteiger partial charge >= 0.3 is 0 Å². The lowest BCUT2D eigenvalue weighted by Crippen LogP contribution is -2.45. The first-order chi connectivity index (χ1) is 21.2. The zero-order chi connectivity index (χ0) is 31.4. The number of ether oxygens (including phenoxy) is 1. The molecule has 1 heterocycles. The fourth-order valence-electron chi connectivity index (χ4n) is 4.89. The lowest BCUT2D eigenvalue weighted by molar-refractivity contribution is 0.0502. The number of allylic oxidation sites excluding steroid dienone is 1. The fourth-order valence-corrected chi connectivity index (χ4v) is 5.62. The van der Waals surface area contributed by atoms with Crippen LogP contribution in [0.15, 0.2) is 120 Å². The largest absolute Gasteiger partial charge is 0.375 e. The standard InChI is InChI=1S/C28H30F2N2O.C7H8O3S/c29-26-12-8-24(9-13-26)28(25-10-14-27(30)15-11-25)33-22-21-32-19-17-31(18-20-32)16-4-7-23-5-2-1-3-6-23;1-6-4-2-3-5-7(6)11(8,9)10/h1-6,8-16,28H,7,17-22H2;2-5H,1H3,(H,8,9,10)/b16-4+;. The quantitative estimate of drug-likeness (QED) is 0.199. The summed E-state index contributed by atoms with van der Waals surface area (Å²) in [6.45, 7) is 6.94. The Balaban J connectivity index is 0.000000339. The Hall–Kier alpha value is -3.89. The molecule has 0 radical (unpaired) electrons. The maximum Gasteiger partial charge on any atom is 0.294 e. The van der Waals surface area contributed by atoms with Gasteiger partial charge in [-0.15, -0.1) is 0 Å². The second kappa shape index (κ2) is 16.3. The van der Waals surface area contributed by atoms with Crippen LogP contribution in [-0.2, 0) is 21.3 Å². The fraction of sp³-hybridized carbons (Fsp3) is 0.257. The molecule has 1 fully saturated rings. The van der Waals surface area contributed by atoms with Crippen molar-refractivity contribution in [3.8, 4) is 0 Å². The van der Waals surface area contributed by atoms with Crippen molar-refractivity contribution in [3.05, 3.63) is 149 Å². The zero-order valence-electron chi connectivity index (χ0n) is 24.7. The third-order valence-corrected chi connectivity index (χ3v) is 8.34. The van der Waals surface area contributed by atoms with E-state index in [1.165, 1.54) is 35.9 Å². The van der Waals surface area contributed by atoms with Gasteiger partial charge in [-0.2, -0.15) is 8.42 Å². The van der Waals surface area contributed by atoms with Crippen LogP contribution in [0.1, 0.15) is 28.4 Å². The summed E-state index contributed by atoms with van der Waals surface area (Å²) in [6.07, 6.45) is 5.03. The first-order valence-electron chi connectivity index (χ1n) is 14.5. The summed E-state index contributed by atoms with van der Waals surface area (Å²) in [4.78, 5) is 4.73. The van der Waals surface area contributed by atoms with E-state index in [0.29, 0.717) is 12.2 Å². The van der Waals surface area contributed by atoms with Crippen molar-refractivity contribution >= 4 is 10.1 Å². The van der Waals surface area contributed by atoms with Crippen LogP contribution >= 0.6 is 0 Å². The zero-order valence-corrected chi connectivity index (χ0v) is 25.5. The number of halogens is 2. The first-order valence-corrected chi connectivity index (χ1v) is 16.0. The Labute approximate surface area is 259 Å². The van der Waals surface area contributed by atoms with Crippen LogP contribution in [0, 0.1) is 18.6 Å². The number of piperazine rings is 1. The molecule has 1 aliphatic heterocycles. The molecule has 5 rings (SSSR count). The number of hydrogen-bond acceptors (Lipinski definition) is 5. The minimum atomic E-state index is -4.03. The summed E-state index contributed by atoms with van der Waals surface area (Å²) in [7, 11) is -4.03. The van der Waals surface area contributed by atoms with Crippen molar-refractivity contribution in [1.29, 1.82) is 0 Å². The molecule has 0 amide bonds. The van der Waals surface area contributed by atoms with Gasteiger partial charge in [0.1, 0.15) is 17.7 Å². The molecule has 0 saturated carbocycles. The van der Waals surface area contributed by atoms with Gasteiger partial charge in [-0.3, -0.25) is 9.45 Å². The van der Waals surface area contributed by atoms with E-state index in [2.05, 4.69) is 46.3 Å². The van der Waals surface area contributed by atoms with Gasteiger partial charge in [0.15, 0.2) is 0 Å². The summed E-state index contributed by atoms with van der Waals surface area (Å²) in [6, 6.07) is 29.4. The van der Waals surface area contributed by atoms with E-state index in [4.69, 9.17) is 9.29 Å². The minimum absolute atomic E-state index is 0.0278. The van der Waals surface area contributed by atoms with Gasteiger partial charge in [-0.05, 0) is 72.1 Å². The highest BCUT2D eigenvalue weighted by atomic mass is 32.2. The van der Waals surface area contributed by atoms with Gasteiger partial charge in [0, 0.05) is 32.7 Å². The Morgan fingerprint density at radius 3 is 1.86 bits per heavy atom. The summed E-state index contributed by atoms with van der Waals surface area (Å²) < 4.78 is 62.9. The Kier molecular flexibility index (Phi) is 12.2. The van der Waals surface area contributed by atoms with Crippen LogP contribution in [-0.4, -0.2) is 62.1 Å². The SMILES string of the molecule is Cc1ccccc1S(=O)(=O)O.Fc1ccc(C(OCCN2CCN(/C=C/Cc3ccccc3)CC2)c2ccc(F)cc2)cc1. The molecule has 232 valence electrons. The third kappa shape index (κ3) is 10.4. The van der Waals surface area contributed by atoms with Crippen LogP contribution in [0.4, 0.5) is 8.78 Å². The van der Waals surface area contributed by atoms with E-state index in [1.807, 2.05) is 6.07 Å².